The normalized spacial score (nSPS) is 12.1. The van der Waals surface area contributed by atoms with Gasteiger partial charge in [0.2, 0.25) is 5.91 Å². The summed E-state index contributed by atoms with van der Waals surface area (Å²) in [6.45, 7) is 5.49. The van der Waals surface area contributed by atoms with E-state index in [9.17, 15) is 14.4 Å². The van der Waals surface area contributed by atoms with Crippen molar-refractivity contribution in [2.24, 2.45) is 5.73 Å². The molecule has 0 unspecified atom stereocenters. The molecule has 0 saturated heterocycles. The SMILES string of the molecule is COc1ccc([C@@H](C(=O)NC(C)(C)C)N(Cc2ccco2)C(=O)c2snc(C(N)=O)c2N)cc1. The molecule has 180 valence electrons. The first kappa shape index (κ1) is 24.8. The number of amides is 3. The van der Waals surface area contributed by atoms with E-state index in [2.05, 4.69) is 9.69 Å². The van der Waals surface area contributed by atoms with Crippen LogP contribution in [0.2, 0.25) is 0 Å². The van der Waals surface area contributed by atoms with Gasteiger partial charge in [-0.3, -0.25) is 14.4 Å². The van der Waals surface area contributed by atoms with E-state index in [4.69, 9.17) is 20.6 Å². The number of hydrogen-bond acceptors (Lipinski definition) is 8. The largest absolute Gasteiger partial charge is 0.497 e. The van der Waals surface area contributed by atoms with Crippen LogP contribution < -0.4 is 21.5 Å². The van der Waals surface area contributed by atoms with Crippen LogP contribution in [0.1, 0.15) is 58.3 Å². The van der Waals surface area contributed by atoms with E-state index in [-0.39, 0.29) is 22.8 Å². The summed E-state index contributed by atoms with van der Waals surface area (Å²) in [5, 5.41) is 2.94. The number of benzene rings is 1. The predicted octanol–water partition coefficient (Wildman–Crippen LogP) is 2.72. The third-order valence-electron chi connectivity index (χ3n) is 4.81. The van der Waals surface area contributed by atoms with Gasteiger partial charge in [-0.2, -0.15) is 4.37 Å². The molecule has 0 spiro atoms. The monoisotopic (exact) mass is 485 g/mol. The van der Waals surface area contributed by atoms with Crippen molar-refractivity contribution in [1.82, 2.24) is 14.6 Å². The molecule has 3 amide bonds. The molecule has 5 N–H and O–H groups in total. The molecular weight excluding hydrogens is 458 g/mol. The minimum absolute atomic E-state index is 0.00225. The number of hydrogen-bond donors (Lipinski definition) is 3. The molecule has 0 bridgehead atoms. The first-order valence-corrected chi connectivity index (χ1v) is 11.1. The number of rotatable bonds is 8. The molecule has 1 aromatic carbocycles. The Morgan fingerprint density at radius 3 is 2.38 bits per heavy atom. The molecule has 10 nitrogen and oxygen atoms in total. The first-order chi connectivity index (χ1) is 16.0. The van der Waals surface area contributed by atoms with E-state index in [1.807, 2.05) is 20.8 Å². The van der Waals surface area contributed by atoms with E-state index in [1.165, 1.54) is 18.3 Å². The summed E-state index contributed by atoms with van der Waals surface area (Å²) in [5.74, 6) is -0.795. The van der Waals surface area contributed by atoms with E-state index in [0.29, 0.717) is 17.1 Å². The molecule has 0 aliphatic heterocycles. The smallest absolute Gasteiger partial charge is 0.270 e. The molecule has 11 heteroatoms. The van der Waals surface area contributed by atoms with Crippen LogP contribution >= 0.6 is 11.5 Å². The molecule has 0 aliphatic rings. The number of furan rings is 1. The number of nitrogens with one attached hydrogen (secondary N) is 1. The molecule has 0 aliphatic carbocycles. The van der Waals surface area contributed by atoms with E-state index < -0.39 is 29.3 Å². The maximum atomic E-state index is 13.8. The summed E-state index contributed by atoms with van der Waals surface area (Å²) >= 11 is 0.748. The van der Waals surface area contributed by atoms with Gasteiger partial charge in [-0.25, -0.2) is 0 Å². The number of carbonyl (C=O) groups is 3. The van der Waals surface area contributed by atoms with Gasteiger partial charge in [0.1, 0.15) is 22.4 Å². The zero-order valence-corrected chi connectivity index (χ0v) is 20.1. The Bertz CT molecular complexity index is 1170. The quantitative estimate of drug-likeness (QED) is 0.443. The van der Waals surface area contributed by atoms with Gasteiger partial charge in [-0.15, -0.1) is 0 Å². The van der Waals surface area contributed by atoms with Gasteiger partial charge in [0.05, 0.1) is 25.6 Å². The number of nitrogen functional groups attached to an aromatic ring is 1. The zero-order valence-electron chi connectivity index (χ0n) is 19.3. The Morgan fingerprint density at radius 2 is 1.88 bits per heavy atom. The maximum absolute atomic E-state index is 13.8. The average Bonchev–Trinajstić information content (AvgIpc) is 3.41. The van der Waals surface area contributed by atoms with Crippen LogP contribution in [0.5, 0.6) is 5.75 Å². The topological polar surface area (TPSA) is 154 Å². The number of anilines is 1. The van der Waals surface area contributed by atoms with Gasteiger partial charge >= 0.3 is 0 Å². The minimum Gasteiger partial charge on any atom is -0.497 e. The second-order valence-electron chi connectivity index (χ2n) is 8.57. The molecule has 3 aromatic rings. The van der Waals surface area contributed by atoms with Gasteiger partial charge < -0.3 is 30.8 Å². The van der Waals surface area contributed by atoms with E-state index in [1.54, 1.807) is 36.4 Å². The van der Waals surface area contributed by atoms with Crippen molar-refractivity contribution in [3.05, 3.63) is 64.6 Å². The number of methoxy groups -OCH3 is 1. The van der Waals surface area contributed by atoms with Crippen molar-refractivity contribution in [3.63, 3.8) is 0 Å². The zero-order chi connectivity index (χ0) is 25.0. The summed E-state index contributed by atoms with van der Waals surface area (Å²) in [6.07, 6.45) is 1.47. The van der Waals surface area contributed by atoms with Gasteiger partial charge in [0, 0.05) is 5.54 Å². The van der Waals surface area contributed by atoms with Crippen molar-refractivity contribution in [3.8, 4) is 5.75 Å². The van der Waals surface area contributed by atoms with Gasteiger partial charge in [-0.05, 0) is 62.1 Å². The van der Waals surface area contributed by atoms with E-state index >= 15 is 0 Å². The van der Waals surface area contributed by atoms with Gasteiger partial charge in [-0.1, -0.05) is 12.1 Å². The number of primary amides is 1. The summed E-state index contributed by atoms with van der Waals surface area (Å²) < 4.78 is 14.6. The number of nitrogens with two attached hydrogens (primary N) is 2. The first-order valence-electron chi connectivity index (χ1n) is 10.4. The highest BCUT2D eigenvalue weighted by molar-refractivity contribution is 7.09. The molecule has 2 heterocycles. The highest BCUT2D eigenvalue weighted by Gasteiger charge is 2.36. The molecule has 2 aromatic heterocycles. The molecule has 0 radical (unpaired) electrons. The Labute approximate surface area is 201 Å². The van der Waals surface area contributed by atoms with Crippen LogP contribution in [0.4, 0.5) is 5.69 Å². The highest BCUT2D eigenvalue weighted by atomic mass is 32.1. The van der Waals surface area contributed by atoms with Gasteiger partial charge in [0.15, 0.2) is 5.69 Å². The Hall–Kier alpha value is -3.86. The molecule has 3 rings (SSSR count). The summed E-state index contributed by atoms with van der Waals surface area (Å²) in [7, 11) is 1.54. The van der Waals surface area contributed by atoms with Crippen molar-refractivity contribution in [1.29, 1.82) is 0 Å². The predicted molar refractivity (Wildman–Crippen MR) is 127 cm³/mol. The second kappa shape index (κ2) is 9.96. The van der Waals surface area contributed by atoms with Crippen molar-refractivity contribution < 1.29 is 23.5 Å². The lowest BCUT2D eigenvalue weighted by molar-refractivity contribution is -0.127. The molecular formula is C23H27N5O5S. The minimum atomic E-state index is -1.05. The summed E-state index contributed by atoms with van der Waals surface area (Å²) in [4.78, 5) is 40.3. The summed E-state index contributed by atoms with van der Waals surface area (Å²) in [6, 6.07) is 9.14. The number of ether oxygens (including phenoxy) is 1. The van der Waals surface area contributed by atoms with Gasteiger partial charge in [0.25, 0.3) is 11.8 Å². The fourth-order valence-electron chi connectivity index (χ4n) is 3.31. The lowest BCUT2D eigenvalue weighted by atomic mass is 10.0. The third kappa shape index (κ3) is 5.54. The third-order valence-corrected chi connectivity index (χ3v) is 5.66. The van der Waals surface area contributed by atoms with Crippen LogP contribution in [-0.4, -0.2) is 39.6 Å². The van der Waals surface area contributed by atoms with Crippen LogP contribution in [0.15, 0.2) is 47.1 Å². The lowest BCUT2D eigenvalue weighted by Gasteiger charge is -2.33. The van der Waals surface area contributed by atoms with Crippen molar-refractivity contribution in [2.75, 3.05) is 12.8 Å². The van der Waals surface area contributed by atoms with Crippen molar-refractivity contribution in [2.45, 2.75) is 38.9 Å². The molecule has 34 heavy (non-hydrogen) atoms. The summed E-state index contributed by atoms with van der Waals surface area (Å²) in [5.41, 5.74) is 11.0. The Kier molecular flexibility index (Phi) is 7.26. The molecule has 0 saturated carbocycles. The maximum Gasteiger partial charge on any atom is 0.270 e. The number of aromatic nitrogens is 1. The molecule has 1 atom stereocenters. The van der Waals surface area contributed by atoms with Crippen molar-refractivity contribution >= 4 is 34.9 Å². The number of nitrogens with zero attached hydrogens (tertiary/aromatic N) is 2. The van der Waals surface area contributed by atoms with Crippen LogP contribution in [0.25, 0.3) is 0 Å². The fourth-order valence-corrected chi connectivity index (χ4v) is 4.07. The molecule has 0 fully saturated rings. The standard InChI is InChI=1S/C23H27N5O5S/c1-23(2,3)26-21(30)18(13-7-9-14(32-4)10-8-13)28(12-15-6-5-11-33-15)22(31)19-16(24)17(20(25)29)27-34-19/h5-11,18H,12,24H2,1-4H3,(H2,25,29)(H,26,30)/t18-/m0/s1. The number of carbonyl (C=O) groups excluding carboxylic acids is 3. The van der Waals surface area contributed by atoms with E-state index in [0.717, 1.165) is 11.5 Å². The van der Waals surface area contributed by atoms with Crippen LogP contribution in [-0.2, 0) is 11.3 Å². The van der Waals surface area contributed by atoms with Crippen LogP contribution in [0, 0.1) is 0 Å². The lowest BCUT2D eigenvalue weighted by Crippen LogP contribution is -2.49. The second-order valence-corrected chi connectivity index (χ2v) is 9.34. The Morgan fingerprint density at radius 1 is 1.21 bits per heavy atom. The van der Waals surface area contributed by atoms with Crippen LogP contribution in [0.3, 0.4) is 0 Å². The average molecular weight is 486 g/mol. The fraction of sp³-hybridized carbons (Fsp3) is 0.304. The Balaban J connectivity index is 2.13. The highest BCUT2D eigenvalue weighted by Crippen LogP contribution is 2.31.